The van der Waals surface area contributed by atoms with Crippen molar-refractivity contribution in [3.8, 4) is 0 Å². The van der Waals surface area contributed by atoms with Crippen molar-refractivity contribution >= 4 is 60.3 Å². The average molecular weight is 546 g/mol. The van der Waals surface area contributed by atoms with Gasteiger partial charge in [-0.25, -0.2) is 9.97 Å². The molecule has 2 aromatic heterocycles. The number of hydrogen-bond acceptors (Lipinski definition) is 7. The molecular weight excluding hydrogens is 514 g/mol. The van der Waals surface area contributed by atoms with E-state index in [-0.39, 0.29) is 16.4 Å². The van der Waals surface area contributed by atoms with Crippen LogP contribution in [-0.4, -0.2) is 43.3 Å². The standard InChI is InChI=1S/C25H32ClN5O3SSi/c1-16-28-15-19(22(29-16)31-24(33)20-11-12-21(26)35-20)23(32)30-18-9-7-17(8-10-18)27-13-14-34-36(5,6)25(2,3)4/h7-12,15,27H,13-14H2,1-6H3,(H,30,32)(H,28,29,31,33). The van der Waals surface area contributed by atoms with Crippen LogP contribution in [0, 0.1) is 6.92 Å². The van der Waals surface area contributed by atoms with Crippen LogP contribution in [0.15, 0.2) is 42.6 Å². The molecule has 11 heteroatoms. The quantitative estimate of drug-likeness (QED) is 0.211. The monoisotopic (exact) mass is 545 g/mol. The molecule has 0 unspecified atom stereocenters. The molecule has 2 amide bonds. The number of benzene rings is 1. The Hall–Kier alpha value is -2.79. The van der Waals surface area contributed by atoms with Gasteiger partial charge in [-0.3, -0.25) is 9.59 Å². The Labute approximate surface area is 222 Å². The van der Waals surface area contributed by atoms with Gasteiger partial charge in [0, 0.05) is 24.1 Å². The zero-order chi connectivity index (χ0) is 26.5. The molecular formula is C25H32ClN5O3SSi. The van der Waals surface area contributed by atoms with Crippen molar-refractivity contribution in [3.63, 3.8) is 0 Å². The summed E-state index contributed by atoms with van der Waals surface area (Å²) in [6.07, 6.45) is 1.40. The first-order chi connectivity index (χ1) is 16.9. The number of amides is 2. The van der Waals surface area contributed by atoms with E-state index < -0.39 is 20.1 Å². The Morgan fingerprint density at radius 1 is 1.03 bits per heavy atom. The van der Waals surface area contributed by atoms with Crippen LogP contribution in [-0.2, 0) is 4.43 Å². The molecule has 0 saturated carbocycles. The highest BCUT2D eigenvalue weighted by atomic mass is 35.5. The third kappa shape index (κ3) is 7.36. The lowest BCUT2D eigenvalue weighted by Crippen LogP contribution is -2.41. The lowest BCUT2D eigenvalue weighted by atomic mass is 10.2. The van der Waals surface area contributed by atoms with Crippen LogP contribution >= 0.6 is 22.9 Å². The molecule has 0 aliphatic carbocycles. The van der Waals surface area contributed by atoms with Gasteiger partial charge in [0.2, 0.25) is 0 Å². The second-order valence-electron chi connectivity index (χ2n) is 9.80. The number of carbonyl (C=O) groups is 2. The van der Waals surface area contributed by atoms with E-state index in [0.717, 1.165) is 17.0 Å². The summed E-state index contributed by atoms with van der Waals surface area (Å²) in [6.45, 7) is 14.1. The van der Waals surface area contributed by atoms with E-state index in [1.54, 1.807) is 31.2 Å². The largest absolute Gasteiger partial charge is 0.415 e. The Balaban J connectivity index is 1.59. The predicted octanol–water partition coefficient (Wildman–Crippen LogP) is 6.44. The van der Waals surface area contributed by atoms with E-state index in [4.69, 9.17) is 16.0 Å². The number of nitrogens with zero attached hydrogens (tertiary/aromatic N) is 2. The highest BCUT2D eigenvalue weighted by Crippen LogP contribution is 2.36. The maximum Gasteiger partial charge on any atom is 0.266 e. The molecule has 0 atom stereocenters. The number of nitrogens with one attached hydrogen (secondary N) is 3. The van der Waals surface area contributed by atoms with Crippen LogP contribution in [0.3, 0.4) is 0 Å². The van der Waals surface area contributed by atoms with Crippen molar-refractivity contribution in [1.29, 1.82) is 0 Å². The number of carbonyl (C=O) groups excluding carboxylic acids is 2. The smallest absolute Gasteiger partial charge is 0.266 e. The van der Waals surface area contributed by atoms with Gasteiger partial charge in [0.25, 0.3) is 11.8 Å². The van der Waals surface area contributed by atoms with Gasteiger partial charge in [-0.15, -0.1) is 11.3 Å². The van der Waals surface area contributed by atoms with E-state index in [1.165, 1.54) is 6.20 Å². The van der Waals surface area contributed by atoms with Gasteiger partial charge in [0.15, 0.2) is 8.32 Å². The molecule has 3 aromatic rings. The molecule has 0 spiro atoms. The first-order valence-corrected chi connectivity index (χ1v) is 15.7. The number of anilines is 3. The fraction of sp³-hybridized carbons (Fsp3) is 0.360. The van der Waals surface area contributed by atoms with Crippen LogP contribution in [0.25, 0.3) is 0 Å². The second kappa shape index (κ2) is 11.5. The van der Waals surface area contributed by atoms with Crippen LogP contribution in [0.5, 0.6) is 0 Å². The summed E-state index contributed by atoms with van der Waals surface area (Å²) in [4.78, 5) is 34.3. The molecule has 0 radical (unpaired) electrons. The van der Waals surface area contributed by atoms with E-state index >= 15 is 0 Å². The first kappa shape index (κ1) is 27.8. The average Bonchev–Trinajstić information content (AvgIpc) is 3.23. The van der Waals surface area contributed by atoms with Gasteiger partial charge in [-0.05, 0) is 61.5 Å². The molecule has 3 N–H and O–H groups in total. The molecule has 36 heavy (non-hydrogen) atoms. The molecule has 0 fully saturated rings. The summed E-state index contributed by atoms with van der Waals surface area (Å²) in [5, 5.41) is 9.04. The number of aryl methyl sites for hydroxylation is 1. The van der Waals surface area contributed by atoms with Gasteiger partial charge in [0.1, 0.15) is 17.2 Å². The maximum absolute atomic E-state index is 12.9. The molecule has 0 bridgehead atoms. The summed E-state index contributed by atoms with van der Waals surface area (Å²) in [7, 11) is -1.77. The fourth-order valence-corrected chi connectivity index (χ4v) is 4.91. The minimum atomic E-state index is -1.77. The molecule has 8 nitrogen and oxygen atoms in total. The van der Waals surface area contributed by atoms with Gasteiger partial charge >= 0.3 is 0 Å². The topological polar surface area (TPSA) is 105 Å². The predicted molar refractivity (Wildman–Crippen MR) is 150 cm³/mol. The van der Waals surface area contributed by atoms with E-state index in [0.29, 0.717) is 33.9 Å². The van der Waals surface area contributed by atoms with Gasteiger partial charge < -0.3 is 20.4 Å². The Bertz CT molecular complexity index is 1230. The Kier molecular flexibility index (Phi) is 8.88. The Morgan fingerprint density at radius 2 is 1.69 bits per heavy atom. The first-order valence-electron chi connectivity index (χ1n) is 11.6. The van der Waals surface area contributed by atoms with Gasteiger partial charge in [0.05, 0.1) is 15.8 Å². The van der Waals surface area contributed by atoms with Crippen LogP contribution < -0.4 is 16.0 Å². The maximum atomic E-state index is 12.9. The van der Waals surface area contributed by atoms with Gasteiger partial charge in [-0.1, -0.05) is 32.4 Å². The number of thiophene rings is 1. The summed E-state index contributed by atoms with van der Waals surface area (Å²) in [6, 6.07) is 10.6. The number of rotatable bonds is 9. The summed E-state index contributed by atoms with van der Waals surface area (Å²) in [5.41, 5.74) is 1.68. The SMILES string of the molecule is Cc1ncc(C(=O)Nc2ccc(NCCO[Si](C)(C)C(C)(C)C)cc2)c(NC(=O)c2ccc(Cl)s2)n1. The van der Waals surface area contributed by atoms with Crippen molar-refractivity contribution < 1.29 is 14.0 Å². The highest BCUT2D eigenvalue weighted by molar-refractivity contribution is 7.18. The zero-order valence-corrected chi connectivity index (χ0v) is 23.9. The summed E-state index contributed by atoms with van der Waals surface area (Å²) >= 11 is 7.07. The molecule has 2 heterocycles. The van der Waals surface area contributed by atoms with Crippen molar-refractivity contribution in [2.75, 3.05) is 29.1 Å². The molecule has 192 valence electrons. The van der Waals surface area contributed by atoms with Crippen LogP contribution in [0.4, 0.5) is 17.2 Å². The van der Waals surface area contributed by atoms with Crippen molar-refractivity contribution in [1.82, 2.24) is 9.97 Å². The second-order valence-corrected chi connectivity index (χ2v) is 16.3. The lowest BCUT2D eigenvalue weighted by Gasteiger charge is -2.36. The minimum absolute atomic E-state index is 0.134. The molecule has 0 aliphatic heterocycles. The van der Waals surface area contributed by atoms with Gasteiger partial charge in [-0.2, -0.15) is 0 Å². The summed E-state index contributed by atoms with van der Waals surface area (Å²) in [5.74, 6) is -0.265. The van der Waals surface area contributed by atoms with Crippen LogP contribution in [0.2, 0.25) is 22.5 Å². The summed E-state index contributed by atoms with van der Waals surface area (Å²) < 4.78 is 6.69. The highest BCUT2D eigenvalue weighted by Gasteiger charge is 2.36. The van der Waals surface area contributed by atoms with Crippen molar-refractivity contribution in [2.24, 2.45) is 0 Å². The number of aromatic nitrogens is 2. The van der Waals surface area contributed by atoms with Crippen molar-refractivity contribution in [2.45, 2.75) is 45.8 Å². The fourth-order valence-electron chi connectivity index (χ4n) is 2.92. The van der Waals surface area contributed by atoms with Crippen molar-refractivity contribution in [3.05, 3.63) is 63.2 Å². The third-order valence-corrected chi connectivity index (χ3v) is 11.8. The van der Waals surface area contributed by atoms with Crippen LogP contribution in [0.1, 0.15) is 46.6 Å². The van der Waals surface area contributed by atoms with E-state index in [2.05, 4.69) is 59.8 Å². The molecule has 0 aliphatic rings. The lowest BCUT2D eigenvalue weighted by molar-refractivity contribution is 0.102. The van der Waals surface area contributed by atoms with E-state index in [1.807, 2.05) is 12.1 Å². The molecule has 3 rings (SSSR count). The normalized spacial score (nSPS) is 11.8. The molecule has 0 saturated heterocycles. The number of halogens is 1. The minimum Gasteiger partial charge on any atom is -0.415 e. The third-order valence-electron chi connectivity index (χ3n) is 6.03. The zero-order valence-electron chi connectivity index (χ0n) is 21.4. The molecule has 1 aromatic carbocycles. The number of hydrogen-bond donors (Lipinski definition) is 3. The Morgan fingerprint density at radius 3 is 2.31 bits per heavy atom. The van der Waals surface area contributed by atoms with E-state index in [9.17, 15) is 9.59 Å².